The minimum atomic E-state index is -1.93. The fourth-order valence-electron chi connectivity index (χ4n) is 0.0577. The van der Waals surface area contributed by atoms with Crippen molar-refractivity contribution in [1.29, 1.82) is 5.26 Å². The molecular weight excluding hydrogens is 515 g/mol. The van der Waals surface area contributed by atoms with E-state index in [0.717, 1.165) is 0 Å². The van der Waals surface area contributed by atoms with Crippen LogP contribution in [0.15, 0.2) is 0 Å². The maximum atomic E-state index is 9.69. The van der Waals surface area contributed by atoms with Crippen LogP contribution < -0.4 is 0 Å². The van der Waals surface area contributed by atoms with Crippen LogP contribution in [-0.2, 0) is 29.5 Å². The van der Waals surface area contributed by atoms with Crippen molar-refractivity contribution in [2.24, 2.45) is 0 Å². The summed E-state index contributed by atoms with van der Waals surface area (Å²) >= 11 is -2.40. The van der Waals surface area contributed by atoms with Gasteiger partial charge in [0.1, 0.15) is 0 Å². The average Bonchev–Trinajstić information content (AvgIpc) is 1.88. The van der Waals surface area contributed by atoms with E-state index in [4.69, 9.17) is 5.26 Å². The van der Waals surface area contributed by atoms with Crippen molar-refractivity contribution in [3.8, 4) is 3.63 Å². The third-order valence-electron chi connectivity index (χ3n) is 0.166. The molecular formula is CFHgN2O3Pb. The first-order valence-electron chi connectivity index (χ1n) is 1.49. The Balaban J connectivity index is 0. The van der Waals surface area contributed by atoms with Crippen molar-refractivity contribution in [2.45, 2.75) is 0 Å². The first kappa shape index (κ1) is 12.2. The van der Waals surface area contributed by atoms with Gasteiger partial charge >= 0.3 is 80.8 Å². The summed E-state index contributed by atoms with van der Waals surface area (Å²) in [5, 5.41) is 16.0. The Hall–Kier alpha value is 0.477. The molecule has 0 aromatic heterocycles. The van der Waals surface area contributed by atoms with Crippen molar-refractivity contribution < 1.29 is 37.1 Å². The van der Waals surface area contributed by atoms with Crippen LogP contribution in [0.1, 0.15) is 0 Å². The number of hydrogen-bond acceptors (Lipinski definition) is 4. The van der Waals surface area contributed by atoms with Crippen LogP contribution in [0.2, 0.25) is 0 Å². The monoisotopic (exact) mass is 517 g/mol. The van der Waals surface area contributed by atoms with Crippen LogP contribution in [-0.4, -0.2) is 29.8 Å². The zero-order valence-corrected chi connectivity index (χ0v) is 13.6. The molecule has 2 radical (unpaired) electrons. The van der Waals surface area contributed by atoms with E-state index in [-0.39, 0.29) is 0 Å². The molecule has 0 aliphatic heterocycles. The van der Waals surface area contributed by atoms with Crippen molar-refractivity contribution in [1.82, 2.24) is 0 Å². The van der Waals surface area contributed by atoms with E-state index in [1.165, 1.54) is 0 Å². The van der Waals surface area contributed by atoms with Crippen molar-refractivity contribution in [3.05, 3.63) is 10.1 Å². The summed E-state index contributed by atoms with van der Waals surface area (Å²) in [6, 6.07) is 0. The fourth-order valence-corrected chi connectivity index (χ4v) is 0.506. The molecule has 0 aliphatic carbocycles. The number of nitriles is 1. The molecule has 0 aliphatic rings. The maximum absolute atomic E-state index is 9.69. The van der Waals surface area contributed by atoms with Crippen molar-refractivity contribution >= 4 is 24.7 Å². The van der Waals surface area contributed by atoms with Crippen LogP contribution in [0.5, 0.6) is 0 Å². The predicted molar refractivity (Wildman–Crippen MR) is 20.6 cm³/mol. The third-order valence-corrected chi connectivity index (χ3v) is 1.46. The SMILES string of the molecule is N#[C][Pb][O][N+](=O)[O-].[F][Hg]. The molecule has 5 nitrogen and oxygen atoms in total. The van der Waals surface area contributed by atoms with Crippen LogP contribution in [0, 0.1) is 19.0 Å². The van der Waals surface area contributed by atoms with Gasteiger partial charge in [-0.25, -0.2) is 0 Å². The molecule has 45 valence electrons. The van der Waals surface area contributed by atoms with E-state index in [9.17, 15) is 12.6 Å². The van der Waals surface area contributed by atoms with Crippen LogP contribution >= 0.6 is 0 Å². The first-order chi connectivity index (χ1) is 4.27. The van der Waals surface area contributed by atoms with E-state index >= 15 is 0 Å². The first-order valence-corrected chi connectivity index (χ1v) is 7.10. The summed E-state index contributed by atoms with van der Waals surface area (Å²) in [5.74, 6) is 0. The summed E-state index contributed by atoms with van der Waals surface area (Å²) in [7, 11) is 0. The zero-order chi connectivity index (χ0) is 7.70. The quantitative estimate of drug-likeness (QED) is 0.288. The molecule has 0 unspecified atom stereocenters. The van der Waals surface area contributed by atoms with Gasteiger partial charge < -0.3 is 0 Å². The van der Waals surface area contributed by atoms with E-state index in [0.29, 0.717) is 0 Å². The van der Waals surface area contributed by atoms with E-state index in [1.807, 2.05) is 0 Å². The minimum absolute atomic E-state index is 0.472. The number of rotatable bonds is 2. The molecule has 9 heavy (non-hydrogen) atoms. The van der Waals surface area contributed by atoms with Crippen molar-refractivity contribution in [3.63, 3.8) is 0 Å². The molecule has 0 heterocycles. The summed E-state index contributed by atoms with van der Waals surface area (Å²) in [5.41, 5.74) is 0. The van der Waals surface area contributed by atoms with Gasteiger partial charge in [0.05, 0.1) is 0 Å². The Morgan fingerprint density at radius 3 is 2.44 bits per heavy atom. The molecule has 0 saturated carbocycles. The summed E-state index contributed by atoms with van der Waals surface area (Å²) in [6.45, 7) is 0. The average molecular weight is 515 g/mol. The van der Waals surface area contributed by atoms with E-state index in [1.54, 1.807) is 3.63 Å². The summed E-state index contributed by atoms with van der Waals surface area (Å²) in [4.78, 5) is 9.24. The molecule has 0 saturated heterocycles. The van der Waals surface area contributed by atoms with Crippen LogP contribution in [0.3, 0.4) is 0 Å². The molecule has 0 spiro atoms. The van der Waals surface area contributed by atoms with Gasteiger partial charge in [0.2, 0.25) is 0 Å². The third kappa shape index (κ3) is 17.7. The van der Waals surface area contributed by atoms with Gasteiger partial charge in [-0.3, -0.25) is 0 Å². The van der Waals surface area contributed by atoms with Gasteiger partial charge in [-0.15, -0.1) is 0 Å². The Morgan fingerprint density at radius 1 is 1.89 bits per heavy atom. The zero-order valence-electron chi connectivity index (χ0n) is 4.20. The summed E-state index contributed by atoms with van der Waals surface area (Å²) < 4.78 is 15.1. The number of nitrogens with zero attached hydrogens (tertiary/aromatic N) is 2. The molecule has 0 bridgehead atoms. The topological polar surface area (TPSA) is 76.2 Å². The van der Waals surface area contributed by atoms with Gasteiger partial charge in [-0.05, 0) is 0 Å². The van der Waals surface area contributed by atoms with Crippen molar-refractivity contribution in [2.75, 3.05) is 0 Å². The predicted octanol–water partition coefficient (Wildman–Crippen LogP) is -0.287. The van der Waals surface area contributed by atoms with Gasteiger partial charge in [0, 0.05) is 0 Å². The molecule has 0 amide bonds. The second kappa shape index (κ2) is 11.3. The number of hydrogen-bond donors (Lipinski definition) is 0. The Kier molecular flexibility index (Phi) is 15.3. The fraction of sp³-hybridized carbons (Fsp3) is 0. The van der Waals surface area contributed by atoms with Crippen LogP contribution in [0.4, 0.5) is 2.47 Å². The molecule has 0 aromatic carbocycles. The van der Waals surface area contributed by atoms with Gasteiger partial charge in [0.25, 0.3) is 0 Å². The van der Waals surface area contributed by atoms with E-state index < -0.39 is 56.5 Å². The van der Waals surface area contributed by atoms with Gasteiger partial charge in [-0.1, -0.05) is 0 Å². The molecule has 0 aromatic rings. The number of halogens is 1. The second-order valence-corrected chi connectivity index (χ2v) is 2.90. The van der Waals surface area contributed by atoms with Gasteiger partial charge in [0.15, 0.2) is 0 Å². The van der Waals surface area contributed by atoms with Crippen LogP contribution in [0.25, 0.3) is 0 Å². The normalized spacial score (nSPS) is 6.00. The molecule has 0 rings (SSSR count). The van der Waals surface area contributed by atoms with Gasteiger partial charge in [-0.2, -0.15) is 0 Å². The Morgan fingerprint density at radius 2 is 2.33 bits per heavy atom. The molecule has 0 atom stereocenters. The molecule has 0 N–H and O–H groups in total. The molecule has 8 heteroatoms. The Labute approximate surface area is 80.1 Å². The second-order valence-electron chi connectivity index (χ2n) is 0.529. The summed E-state index contributed by atoms with van der Waals surface area (Å²) in [6.07, 6.45) is 0. The van der Waals surface area contributed by atoms with E-state index in [2.05, 4.69) is 2.79 Å². The Bertz CT molecular complexity index is 115. The standard InChI is InChI=1S/CN.FH.Hg.NO3.Pb/c1-2;;;2-1(3)4;/h;1H;;;/q;;+1;-1;+1/p-1. The molecule has 0 fully saturated rings.